The number of benzene rings is 1. The Morgan fingerprint density at radius 3 is 2.36 bits per heavy atom. The Balaban J connectivity index is 1.64. The van der Waals surface area contributed by atoms with Crippen LogP contribution in [0.3, 0.4) is 0 Å². The lowest BCUT2D eigenvalue weighted by Gasteiger charge is -2.37. The number of aromatic nitrogens is 2. The first-order chi connectivity index (χ1) is 12.2. The maximum absolute atomic E-state index is 5.23. The second-order valence-corrected chi connectivity index (χ2v) is 6.29. The van der Waals surface area contributed by atoms with Crippen LogP contribution in [0.1, 0.15) is 19.0 Å². The number of hydrogen-bond acceptors (Lipinski definition) is 6. The molecule has 1 aromatic heterocycles. The second-order valence-electron chi connectivity index (χ2n) is 6.29. The van der Waals surface area contributed by atoms with Crippen molar-refractivity contribution in [3.05, 3.63) is 36.0 Å². The summed E-state index contributed by atoms with van der Waals surface area (Å²) in [4.78, 5) is 13.9. The standard InChI is InChI=1S/C19H27N5O/c1-4-9-20-19-21-15(2)14-18(22-19)24-12-10-23(11-13-24)16-5-7-17(25-3)8-6-16/h5-8,14H,4,9-13H2,1-3H3,(H,20,21,22). The fourth-order valence-corrected chi connectivity index (χ4v) is 3.02. The van der Waals surface area contributed by atoms with Crippen LogP contribution in [0.25, 0.3) is 0 Å². The third-order valence-electron chi connectivity index (χ3n) is 4.42. The number of rotatable bonds is 6. The Hall–Kier alpha value is -2.50. The maximum atomic E-state index is 5.23. The maximum Gasteiger partial charge on any atom is 0.224 e. The highest BCUT2D eigenvalue weighted by Crippen LogP contribution is 2.22. The van der Waals surface area contributed by atoms with Crippen molar-refractivity contribution < 1.29 is 4.74 Å². The molecular formula is C19H27N5O. The summed E-state index contributed by atoms with van der Waals surface area (Å²) < 4.78 is 5.23. The summed E-state index contributed by atoms with van der Waals surface area (Å²) in [5.41, 5.74) is 2.24. The molecule has 1 fully saturated rings. The van der Waals surface area contributed by atoms with E-state index in [0.717, 1.165) is 62.4 Å². The van der Waals surface area contributed by atoms with Gasteiger partial charge in [-0.3, -0.25) is 0 Å². The molecule has 0 bridgehead atoms. The van der Waals surface area contributed by atoms with Gasteiger partial charge in [0.25, 0.3) is 0 Å². The predicted octanol–water partition coefficient (Wildman–Crippen LogP) is 2.94. The molecule has 6 nitrogen and oxygen atoms in total. The summed E-state index contributed by atoms with van der Waals surface area (Å²) in [6.45, 7) is 8.93. The minimum absolute atomic E-state index is 0.731. The Bertz CT molecular complexity index is 681. The fraction of sp³-hybridized carbons (Fsp3) is 0.474. The monoisotopic (exact) mass is 341 g/mol. The average Bonchev–Trinajstić information content (AvgIpc) is 2.66. The molecule has 25 heavy (non-hydrogen) atoms. The zero-order valence-corrected chi connectivity index (χ0v) is 15.3. The molecule has 6 heteroatoms. The molecule has 0 aliphatic carbocycles. The molecule has 0 unspecified atom stereocenters. The van der Waals surface area contributed by atoms with Crippen LogP contribution in [-0.2, 0) is 0 Å². The zero-order chi connectivity index (χ0) is 17.6. The van der Waals surface area contributed by atoms with Gasteiger partial charge in [-0.05, 0) is 37.6 Å². The number of hydrogen-bond donors (Lipinski definition) is 1. The minimum atomic E-state index is 0.731. The normalized spacial score (nSPS) is 14.5. The highest BCUT2D eigenvalue weighted by molar-refractivity contribution is 5.52. The van der Waals surface area contributed by atoms with Crippen molar-refractivity contribution in [2.24, 2.45) is 0 Å². The summed E-state index contributed by atoms with van der Waals surface area (Å²) in [6, 6.07) is 10.3. The van der Waals surface area contributed by atoms with Crippen LogP contribution in [0.5, 0.6) is 5.75 Å². The SMILES string of the molecule is CCCNc1nc(C)cc(N2CCN(c3ccc(OC)cc3)CC2)n1. The quantitative estimate of drug-likeness (QED) is 0.872. The average molecular weight is 341 g/mol. The number of aryl methyl sites for hydroxylation is 1. The van der Waals surface area contributed by atoms with Crippen LogP contribution in [0.2, 0.25) is 0 Å². The smallest absolute Gasteiger partial charge is 0.224 e. The summed E-state index contributed by atoms with van der Waals surface area (Å²) in [7, 11) is 1.70. The van der Waals surface area contributed by atoms with E-state index < -0.39 is 0 Å². The van der Waals surface area contributed by atoms with E-state index in [2.05, 4.69) is 50.2 Å². The van der Waals surface area contributed by atoms with Gasteiger partial charge in [0.2, 0.25) is 5.95 Å². The van der Waals surface area contributed by atoms with Crippen LogP contribution < -0.4 is 19.9 Å². The van der Waals surface area contributed by atoms with Gasteiger partial charge < -0.3 is 19.9 Å². The zero-order valence-electron chi connectivity index (χ0n) is 15.3. The first kappa shape index (κ1) is 17.3. The summed E-state index contributed by atoms with van der Waals surface area (Å²) in [6.07, 6.45) is 1.06. The first-order valence-electron chi connectivity index (χ1n) is 8.93. The Kier molecular flexibility index (Phi) is 5.58. The number of ether oxygens (including phenoxy) is 1. The Labute approximate surface area is 149 Å². The van der Waals surface area contributed by atoms with Gasteiger partial charge in [0.15, 0.2) is 0 Å². The molecule has 1 aliphatic rings. The largest absolute Gasteiger partial charge is 0.497 e. The summed E-state index contributed by atoms with van der Waals surface area (Å²) in [5, 5.41) is 3.29. The van der Waals surface area contributed by atoms with E-state index in [4.69, 9.17) is 4.74 Å². The number of nitrogens with zero attached hydrogens (tertiary/aromatic N) is 4. The predicted molar refractivity (Wildman–Crippen MR) is 103 cm³/mol. The van der Waals surface area contributed by atoms with Crippen LogP contribution in [0.4, 0.5) is 17.5 Å². The molecular weight excluding hydrogens is 314 g/mol. The number of nitrogens with one attached hydrogen (secondary N) is 1. The molecule has 1 N–H and O–H groups in total. The van der Waals surface area contributed by atoms with Gasteiger partial charge in [0.05, 0.1) is 7.11 Å². The highest BCUT2D eigenvalue weighted by atomic mass is 16.5. The molecule has 1 aliphatic heterocycles. The summed E-state index contributed by atoms with van der Waals surface area (Å²) >= 11 is 0. The van der Waals surface area contributed by atoms with Gasteiger partial charge in [0.1, 0.15) is 11.6 Å². The van der Waals surface area contributed by atoms with E-state index in [9.17, 15) is 0 Å². The van der Waals surface area contributed by atoms with E-state index in [1.807, 2.05) is 19.1 Å². The van der Waals surface area contributed by atoms with Gasteiger partial charge in [0, 0.05) is 50.2 Å². The lowest BCUT2D eigenvalue weighted by atomic mass is 10.2. The molecule has 1 aromatic carbocycles. The molecule has 0 spiro atoms. The van der Waals surface area contributed by atoms with E-state index in [0.29, 0.717) is 0 Å². The van der Waals surface area contributed by atoms with Crippen molar-refractivity contribution in [3.63, 3.8) is 0 Å². The number of piperazine rings is 1. The molecule has 1 saturated heterocycles. The molecule has 0 amide bonds. The molecule has 0 saturated carbocycles. The van der Waals surface area contributed by atoms with Crippen LogP contribution >= 0.6 is 0 Å². The van der Waals surface area contributed by atoms with Gasteiger partial charge in [-0.15, -0.1) is 0 Å². The van der Waals surface area contributed by atoms with Crippen LogP contribution in [-0.4, -0.2) is 49.8 Å². The lowest BCUT2D eigenvalue weighted by Crippen LogP contribution is -2.46. The van der Waals surface area contributed by atoms with Gasteiger partial charge in [-0.25, -0.2) is 4.98 Å². The van der Waals surface area contributed by atoms with Crippen LogP contribution in [0, 0.1) is 6.92 Å². The molecule has 134 valence electrons. The van der Waals surface area contributed by atoms with Gasteiger partial charge in [-0.1, -0.05) is 6.92 Å². The van der Waals surface area contributed by atoms with Crippen molar-refractivity contribution in [2.45, 2.75) is 20.3 Å². The van der Waals surface area contributed by atoms with E-state index in [-0.39, 0.29) is 0 Å². The van der Waals surface area contributed by atoms with E-state index in [1.54, 1.807) is 7.11 Å². The second kappa shape index (κ2) is 8.05. The van der Waals surface area contributed by atoms with Crippen molar-refractivity contribution >= 4 is 17.5 Å². The molecule has 2 heterocycles. The molecule has 3 rings (SSSR count). The highest BCUT2D eigenvalue weighted by Gasteiger charge is 2.19. The number of methoxy groups -OCH3 is 1. The molecule has 2 aromatic rings. The van der Waals surface area contributed by atoms with E-state index in [1.165, 1.54) is 5.69 Å². The minimum Gasteiger partial charge on any atom is -0.497 e. The first-order valence-corrected chi connectivity index (χ1v) is 8.93. The van der Waals surface area contributed by atoms with Gasteiger partial charge in [-0.2, -0.15) is 4.98 Å². The third kappa shape index (κ3) is 4.32. The van der Waals surface area contributed by atoms with Gasteiger partial charge >= 0.3 is 0 Å². The fourth-order valence-electron chi connectivity index (χ4n) is 3.02. The van der Waals surface area contributed by atoms with Crippen molar-refractivity contribution in [1.82, 2.24) is 9.97 Å². The Morgan fingerprint density at radius 2 is 1.72 bits per heavy atom. The van der Waals surface area contributed by atoms with Crippen molar-refractivity contribution in [1.29, 1.82) is 0 Å². The molecule has 0 radical (unpaired) electrons. The lowest BCUT2D eigenvalue weighted by molar-refractivity contribution is 0.415. The van der Waals surface area contributed by atoms with Crippen LogP contribution in [0.15, 0.2) is 30.3 Å². The third-order valence-corrected chi connectivity index (χ3v) is 4.42. The van der Waals surface area contributed by atoms with Crippen molar-refractivity contribution in [2.75, 3.05) is 55.0 Å². The topological polar surface area (TPSA) is 53.5 Å². The summed E-state index contributed by atoms with van der Waals surface area (Å²) in [5.74, 6) is 2.64. The van der Waals surface area contributed by atoms with E-state index >= 15 is 0 Å². The molecule has 0 atom stereocenters. The Morgan fingerprint density at radius 1 is 1.04 bits per heavy atom. The van der Waals surface area contributed by atoms with Crippen molar-refractivity contribution in [3.8, 4) is 5.75 Å². The number of anilines is 3.